The Balaban J connectivity index is 1.62. The van der Waals surface area contributed by atoms with E-state index in [2.05, 4.69) is 17.1 Å². The molecule has 1 heterocycles. The zero-order chi connectivity index (χ0) is 18.9. The molecule has 0 saturated heterocycles. The Labute approximate surface area is 168 Å². The Bertz CT molecular complexity index is 953. The van der Waals surface area contributed by atoms with Gasteiger partial charge in [-0.3, -0.25) is 4.98 Å². The number of aromatic nitrogens is 1. The lowest BCUT2D eigenvalue weighted by molar-refractivity contribution is 0.0174. The van der Waals surface area contributed by atoms with Crippen molar-refractivity contribution in [1.29, 1.82) is 0 Å². The quantitative estimate of drug-likeness (QED) is 0.489. The van der Waals surface area contributed by atoms with Crippen LogP contribution >= 0.6 is 23.2 Å². The fraction of sp³-hybridized carbons (Fsp3) is 0.227. The summed E-state index contributed by atoms with van der Waals surface area (Å²) in [6, 6.07) is 15.5. The van der Waals surface area contributed by atoms with Crippen LogP contribution in [-0.2, 0) is 16.9 Å². The number of nitrogens with zero attached hydrogens (tertiary/aromatic N) is 1. The molecule has 0 amide bonds. The minimum Gasteiger partial charge on any atom is -0.497 e. The Hall–Kier alpha value is -2.07. The second kappa shape index (κ2) is 7.51. The first-order valence-electron chi connectivity index (χ1n) is 8.78. The summed E-state index contributed by atoms with van der Waals surface area (Å²) < 4.78 is 11.6. The van der Waals surface area contributed by atoms with E-state index < -0.39 is 0 Å². The fourth-order valence-electron chi connectivity index (χ4n) is 3.25. The molecule has 0 N–H and O–H groups in total. The third-order valence-electron chi connectivity index (χ3n) is 4.93. The highest BCUT2D eigenvalue weighted by Crippen LogP contribution is 2.52. The van der Waals surface area contributed by atoms with Crippen molar-refractivity contribution in [2.45, 2.75) is 25.0 Å². The van der Waals surface area contributed by atoms with Crippen LogP contribution < -0.4 is 4.74 Å². The van der Waals surface area contributed by atoms with Crippen LogP contribution in [0.25, 0.3) is 11.1 Å². The average Bonchev–Trinajstić information content (AvgIpc) is 3.50. The van der Waals surface area contributed by atoms with Gasteiger partial charge in [0, 0.05) is 28.0 Å². The molecular formula is C22H19Cl2NO2. The van der Waals surface area contributed by atoms with Crippen LogP contribution in [-0.4, -0.2) is 12.1 Å². The number of hydrogen-bond acceptors (Lipinski definition) is 3. The first-order chi connectivity index (χ1) is 13.1. The Morgan fingerprint density at radius 3 is 2.52 bits per heavy atom. The molecule has 1 aliphatic carbocycles. The van der Waals surface area contributed by atoms with E-state index >= 15 is 0 Å². The maximum Gasteiger partial charge on any atom is 0.118 e. The number of pyridine rings is 1. The summed E-state index contributed by atoms with van der Waals surface area (Å²) in [6.45, 7) is 0.413. The van der Waals surface area contributed by atoms with Crippen molar-refractivity contribution in [3.63, 3.8) is 0 Å². The van der Waals surface area contributed by atoms with E-state index in [0.29, 0.717) is 16.7 Å². The summed E-state index contributed by atoms with van der Waals surface area (Å²) in [7, 11) is 1.67. The van der Waals surface area contributed by atoms with E-state index in [-0.39, 0.29) is 5.60 Å². The van der Waals surface area contributed by atoms with Crippen molar-refractivity contribution in [2.75, 3.05) is 7.11 Å². The topological polar surface area (TPSA) is 31.4 Å². The molecule has 3 nitrogen and oxygen atoms in total. The van der Waals surface area contributed by atoms with Crippen LogP contribution in [0.15, 0.2) is 60.9 Å². The number of benzene rings is 2. The van der Waals surface area contributed by atoms with Gasteiger partial charge in [-0.15, -0.1) is 0 Å². The lowest BCUT2D eigenvalue weighted by atomic mass is 9.97. The van der Waals surface area contributed by atoms with Gasteiger partial charge in [0.25, 0.3) is 0 Å². The Kier molecular flexibility index (Phi) is 5.09. The van der Waals surface area contributed by atoms with Gasteiger partial charge in [-0.2, -0.15) is 0 Å². The average molecular weight is 400 g/mol. The molecule has 3 aromatic rings. The molecule has 1 fully saturated rings. The van der Waals surface area contributed by atoms with Gasteiger partial charge in [-0.1, -0.05) is 35.3 Å². The highest BCUT2D eigenvalue weighted by Gasteiger charge is 2.47. The standard InChI is InChI=1S/C22H19Cl2NO2/c1-26-18-5-2-15(3-6-18)19-8-11-25-13-20(19)22(9-10-22)27-14-16-12-17(23)4-7-21(16)24/h2-8,11-13H,9-10,14H2,1H3. The van der Waals surface area contributed by atoms with Gasteiger partial charge in [0.1, 0.15) is 5.75 Å². The van der Waals surface area contributed by atoms with Crippen molar-refractivity contribution >= 4 is 23.2 Å². The number of rotatable bonds is 6. The van der Waals surface area contributed by atoms with Gasteiger partial charge in [0.05, 0.1) is 19.3 Å². The number of methoxy groups -OCH3 is 1. The molecule has 0 atom stereocenters. The molecule has 27 heavy (non-hydrogen) atoms. The molecule has 2 aromatic carbocycles. The van der Waals surface area contributed by atoms with E-state index in [0.717, 1.165) is 40.8 Å². The largest absolute Gasteiger partial charge is 0.497 e. The van der Waals surface area contributed by atoms with E-state index in [4.69, 9.17) is 32.7 Å². The zero-order valence-electron chi connectivity index (χ0n) is 14.9. The summed E-state index contributed by atoms with van der Waals surface area (Å²) in [5.41, 5.74) is 3.92. The minimum atomic E-state index is -0.324. The molecule has 5 heteroatoms. The second-order valence-electron chi connectivity index (χ2n) is 6.67. The van der Waals surface area contributed by atoms with Crippen LogP contribution in [0.3, 0.4) is 0 Å². The Morgan fingerprint density at radius 2 is 1.81 bits per heavy atom. The molecule has 1 aliphatic rings. The fourth-order valence-corrected chi connectivity index (χ4v) is 3.62. The number of halogens is 2. The van der Waals surface area contributed by atoms with Crippen LogP contribution in [0.2, 0.25) is 10.0 Å². The molecule has 138 valence electrons. The predicted octanol–water partition coefficient (Wildman–Crippen LogP) is 6.27. The highest BCUT2D eigenvalue weighted by atomic mass is 35.5. The van der Waals surface area contributed by atoms with Crippen LogP contribution in [0.1, 0.15) is 24.0 Å². The van der Waals surface area contributed by atoms with Crippen LogP contribution in [0.4, 0.5) is 0 Å². The highest BCUT2D eigenvalue weighted by molar-refractivity contribution is 6.33. The van der Waals surface area contributed by atoms with Crippen molar-refractivity contribution in [2.24, 2.45) is 0 Å². The molecule has 0 radical (unpaired) electrons. The van der Waals surface area contributed by atoms with Crippen molar-refractivity contribution in [1.82, 2.24) is 4.98 Å². The van der Waals surface area contributed by atoms with E-state index in [1.54, 1.807) is 19.2 Å². The minimum absolute atomic E-state index is 0.324. The van der Waals surface area contributed by atoms with Gasteiger partial charge < -0.3 is 9.47 Å². The summed E-state index contributed by atoms with van der Waals surface area (Å²) in [4.78, 5) is 4.35. The maximum atomic E-state index is 6.35. The molecule has 4 rings (SSSR count). The zero-order valence-corrected chi connectivity index (χ0v) is 16.4. The third-order valence-corrected chi connectivity index (χ3v) is 5.53. The number of hydrogen-bond donors (Lipinski definition) is 0. The molecule has 0 spiro atoms. The lowest BCUT2D eigenvalue weighted by Crippen LogP contribution is -2.14. The molecule has 1 saturated carbocycles. The first kappa shape index (κ1) is 18.3. The summed E-state index contributed by atoms with van der Waals surface area (Å²) in [5.74, 6) is 0.835. The second-order valence-corrected chi connectivity index (χ2v) is 7.51. The molecule has 0 unspecified atom stereocenters. The normalized spacial score (nSPS) is 14.8. The molecule has 0 aliphatic heterocycles. The van der Waals surface area contributed by atoms with Gasteiger partial charge in [-0.25, -0.2) is 0 Å². The summed E-state index contributed by atoms with van der Waals surface area (Å²) >= 11 is 12.4. The predicted molar refractivity (Wildman–Crippen MR) is 108 cm³/mol. The lowest BCUT2D eigenvalue weighted by Gasteiger charge is -2.21. The van der Waals surface area contributed by atoms with E-state index in [9.17, 15) is 0 Å². The molecule has 1 aromatic heterocycles. The smallest absolute Gasteiger partial charge is 0.118 e. The van der Waals surface area contributed by atoms with Gasteiger partial charge in [0.15, 0.2) is 0 Å². The molecule has 0 bridgehead atoms. The molecular weight excluding hydrogens is 381 g/mol. The van der Waals surface area contributed by atoms with E-state index in [1.807, 2.05) is 36.7 Å². The van der Waals surface area contributed by atoms with Crippen LogP contribution in [0, 0.1) is 0 Å². The van der Waals surface area contributed by atoms with Gasteiger partial charge in [-0.05, 0) is 65.9 Å². The van der Waals surface area contributed by atoms with Gasteiger partial charge in [0.2, 0.25) is 0 Å². The number of ether oxygens (including phenoxy) is 2. The Morgan fingerprint density at radius 1 is 1.04 bits per heavy atom. The SMILES string of the molecule is COc1ccc(-c2ccncc2C2(OCc3cc(Cl)ccc3Cl)CC2)cc1. The van der Waals surface area contributed by atoms with Crippen molar-refractivity contribution in [3.05, 3.63) is 82.1 Å². The van der Waals surface area contributed by atoms with Crippen molar-refractivity contribution in [3.8, 4) is 16.9 Å². The summed E-state index contributed by atoms with van der Waals surface area (Å²) in [6.07, 6.45) is 5.64. The van der Waals surface area contributed by atoms with Gasteiger partial charge >= 0.3 is 0 Å². The maximum absolute atomic E-state index is 6.35. The third kappa shape index (κ3) is 3.81. The first-order valence-corrected chi connectivity index (χ1v) is 9.54. The van der Waals surface area contributed by atoms with E-state index in [1.165, 1.54) is 0 Å². The van der Waals surface area contributed by atoms with Crippen molar-refractivity contribution < 1.29 is 9.47 Å². The summed E-state index contributed by atoms with van der Waals surface area (Å²) in [5, 5.41) is 1.32. The monoisotopic (exact) mass is 399 g/mol. The van der Waals surface area contributed by atoms with Crippen LogP contribution in [0.5, 0.6) is 5.75 Å².